The molecular weight excluding hydrogens is 284 g/mol. The van der Waals surface area contributed by atoms with Crippen LogP contribution in [0, 0.1) is 13.8 Å². The van der Waals surface area contributed by atoms with E-state index in [0.29, 0.717) is 18.5 Å². The second-order valence-electron chi connectivity index (χ2n) is 5.61. The summed E-state index contributed by atoms with van der Waals surface area (Å²) < 4.78 is 1.56. The van der Waals surface area contributed by atoms with Gasteiger partial charge in [-0.3, -0.25) is 4.79 Å². The van der Waals surface area contributed by atoms with E-state index in [2.05, 4.69) is 15.6 Å². The van der Waals surface area contributed by atoms with Crippen LogP contribution in [0.2, 0.25) is 0 Å². The van der Waals surface area contributed by atoms with Crippen LogP contribution in [0.1, 0.15) is 34.6 Å². The Morgan fingerprint density at radius 2 is 1.86 bits per heavy atom. The molecule has 1 saturated carbocycles. The van der Waals surface area contributed by atoms with Gasteiger partial charge in [-0.05, 0) is 38.8 Å². The molecule has 0 radical (unpaired) electrons. The molecule has 0 spiro atoms. The smallest absolute Gasteiger partial charge is 0.329 e. The summed E-state index contributed by atoms with van der Waals surface area (Å²) in [7, 11) is 0. The number of aliphatic carboxylic acids is 1. The number of hydrogen-bond acceptors (Lipinski definition) is 4. The van der Waals surface area contributed by atoms with E-state index in [9.17, 15) is 9.59 Å². The normalized spacial score (nSPS) is 15.4. The number of rotatable bonds is 4. The van der Waals surface area contributed by atoms with Crippen LogP contribution >= 0.6 is 0 Å². The van der Waals surface area contributed by atoms with Gasteiger partial charge in [-0.15, -0.1) is 5.10 Å². The summed E-state index contributed by atoms with van der Waals surface area (Å²) in [5, 5.41) is 19.5. The van der Waals surface area contributed by atoms with Crippen molar-refractivity contribution >= 4 is 11.9 Å². The van der Waals surface area contributed by atoms with E-state index in [1.165, 1.54) is 0 Å². The summed E-state index contributed by atoms with van der Waals surface area (Å²) >= 11 is 0. The molecule has 22 heavy (non-hydrogen) atoms. The average molecular weight is 300 g/mol. The fraction of sp³-hybridized carbons (Fsp3) is 0.333. The van der Waals surface area contributed by atoms with Crippen LogP contribution in [0.3, 0.4) is 0 Å². The van der Waals surface area contributed by atoms with Crippen molar-refractivity contribution in [3.05, 3.63) is 41.2 Å². The van der Waals surface area contributed by atoms with Crippen LogP contribution in [-0.2, 0) is 4.79 Å². The van der Waals surface area contributed by atoms with Crippen molar-refractivity contribution in [1.29, 1.82) is 0 Å². The van der Waals surface area contributed by atoms with Gasteiger partial charge in [-0.25, -0.2) is 9.48 Å². The fourth-order valence-corrected chi connectivity index (χ4v) is 2.26. The average Bonchev–Trinajstić information content (AvgIpc) is 3.16. The van der Waals surface area contributed by atoms with Gasteiger partial charge in [-0.2, -0.15) is 0 Å². The van der Waals surface area contributed by atoms with Crippen LogP contribution in [0.25, 0.3) is 5.69 Å². The third-order valence-corrected chi connectivity index (χ3v) is 3.90. The summed E-state index contributed by atoms with van der Waals surface area (Å²) in [6, 6.07) is 7.66. The molecule has 1 fully saturated rings. The Morgan fingerprint density at radius 3 is 2.41 bits per heavy atom. The predicted molar refractivity (Wildman–Crippen MR) is 77.9 cm³/mol. The van der Waals surface area contributed by atoms with Crippen molar-refractivity contribution in [3.8, 4) is 5.69 Å². The predicted octanol–water partition coefficient (Wildman–Crippen LogP) is 1.23. The first-order valence-electron chi connectivity index (χ1n) is 6.98. The van der Waals surface area contributed by atoms with Crippen LogP contribution in [0.5, 0.6) is 0 Å². The summed E-state index contributed by atoms with van der Waals surface area (Å²) in [4.78, 5) is 23.4. The number of hydrogen-bond donors (Lipinski definition) is 2. The number of nitrogens with one attached hydrogen (secondary N) is 1. The lowest BCUT2D eigenvalue weighted by atomic mass is 10.2. The first kappa shape index (κ1) is 14.2. The van der Waals surface area contributed by atoms with Gasteiger partial charge in [0.25, 0.3) is 5.91 Å². The topological polar surface area (TPSA) is 97.1 Å². The van der Waals surface area contributed by atoms with Crippen LogP contribution in [-0.4, -0.2) is 37.5 Å². The maximum atomic E-state index is 12.2. The van der Waals surface area contributed by atoms with Crippen LogP contribution in [0.15, 0.2) is 24.3 Å². The van der Waals surface area contributed by atoms with Crippen molar-refractivity contribution in [3.63, 3.8) is 0 Å². The number of carbonyl (C=O) groups is 2. The van der Waals surface area contributed by atoms with Gasteiger partial charge in [0, 0.05) is 0 Å². The molecule has 2 N–H and O–H groups in total. The van der Waals surface area contributed by atoms with E-state index in [1.54, 1.807) is 11.6 Å². The van der Waals surface area contributed by atoms with Gasteiger partial charge in [0.2, 0.25) is 0 Å². The van der Waals surface area contributed by atoms with Crippen molar-refractivity contribution < 1.29 is 14.7 Å². The molecule has 1 heterocycles. The highest BCUT2D eigenvalue weighted by atomic mass is 16.4. The first-order valence-corrected chi connectivity index (χ1v) is 6.98. The molecule has 0 aliphatic heterocycles. The minimum absolute atomic E-state index is 0.146. The Balaban J connectivity index is 1.86. The Morgan fingerprint density at radius 1 is 1.23 bits per heavy atom. The monoisotopic (exact) mass is 300 g/mol. The zero-order valence-corrected chi connectivity index (χ0v) is 12.3. The van der Waals surface area contributed by atoms with E-state index in [1.807, 2.05) is 31.2 Å². The highest BCUT2D eigenvalue weighted by Crippen LogP contribution is 2.35. The van der Waals surface area contributed by atoms with E-state index in [-0.39, 0.29) is 5.69 Å². The van der Waals surface area contributed by atoms with E-state index >= 15 is 0 Å². The van der Waals surface area contributed by atoms with Gasteiger partial charge in [-0.1, -0.05) is 22.9 Å². The van der Waals surface area contributed by atoms with Crippen molar-refractivity contribution in [2.24, 2.45) is 0 Å². The number of carbonyl (C=O) groups excluding carboxylic acids is 1. The molecule has 1 aliphatic rings. The Labute approximate surface area is 126 Å². The number of benzene rings is 1. The number of carboxylic acid groups (broad SMARTS) is 1. The molecule has 1 aromatic heterocycles. The molecular formula is C15H16N4O3. The van der Waals surface area contributed by atoms with Crippen molar-refractivity contribution in [1.82, 2.24) is 20.3 Å². The second kappa shape index (κ2) is 4.94. The number of carboxylic acids is 1. The molecule has 7 nitrogen and oxygen atoms in total. The zero-order chi connectivity index (χ0) is 15.9. The molecule has 1 aromatic carbocycles. The lowest BCUT2D eigenvalue weighted by molar-refractivity contribution is -0.140. The van der Waals surface area contributed by atoms with Gasteiger partial charge < -0.3 is 10.4 Å². The number of amides is 1. The minimum atomic E-state index is -1.13. The molecule has 2 aromatic rings. The SMILES string of the molecule is Cc1ccc(-n2nnc(C(=O)NC3(C(=O)O)CC3)c2C)cc1. The number of aryl methyl sites for hydroxylation is 1. The highest BCUT2D eigenvalue weighted by molar-refractivity contribution is 5.98. The first-order chi connectivity index (χ1) is 10.4. The standard InChI is InChI=1S/C15H16N4O3/c1-9-3-5-11(6-4-9)19-10(2)12(17-18-19)13(20)16-15(7-8-15)14(21)22/h3-6H,7-8H2,1-2H3,(H,16,20)(H,21,22). The number of nitrogens with zero attached hydrogens (tertiary/aromatic N) is 3. The summed E-state index contributed by atoms with van der Waals surface area (Å²) in [6.45, 7) is 3.72. The largest absolute Gasteiger partial charge is 0.480 e. The van der Waals surface area contributed by atoms with E-state index < -0.39 is 17.4 Å². The Kier molecular flexibility index (Phi) is 3.20. The van der Waals surface area contributed by atoms with Gasteiger partial charge in [0.15, 0.2) is 5.69 Å². The lowest BCUT2D eigenvalue weighted by Gasteiger charge is -2.11. The minimum Gasteiger partial charge on any atom is -0.480 e. The summed E-state index contributed by atoms with van der Waals surface area (Å²) in [5.41, 5.74) is 1.51. The Hall–Kier alpha value is -2.70. The lowest BCUT2D eigenvalue weighted by Crippen LogP contribution is -2.43. The summed E-state index contributed by atoms with van der Waals surface area (Å²) in [6.07, 6.45) is 0.887. The molecule has 114 valence electrons. The van der Waals surface area contributed by atoms with Crippen molar-refractivity contribution in [2.75, 3.05) is 0 Å². The van der Waals surface area contributed by atoms with Gasteiger partial charge >= 0.3 is 5.97 Å². The molecule has 7 heteroatoms. The zero-order valence-electron chi connectivity index (χ0n) is 12.3. The molecule has 1 amide bonds. The van der Waals surface area contributed by atoms with E-state index in [0.717, 1.165) is 11.3 Å². The van der Waals surface area contributed by atoms with Gasteiger partial charge in [0.1, 0.15) is 5.54 Å². The quantitative estimate of drug-likeness (QED) is 0.885. The molecule has 0 atom stereocenters. The third kappa shape index (κ3) is 2.34. The third-order valence-electron chi connectivity index (χ3n) is 3.90. The Bertz CT molecular complexity index is 745. The maximum absolute atomic E-state index is 12.2. The van der Waals surface area contributed by atoms with Crippen molar-refractivity contribution in [2.45, 2.75) is 32.2 Å². The molecule has 1 aliphatic carbocycles. The van der Waals surface area contributed by atoms with Crippen LogP contribution in [0.4, 0.5) is 0 Å². The van der Waals surface area contributed by atoms with E-state index in [4.69, 9.17) is 5.11 Å². The highest BCUT2D eigenvalue weighted by Gasteiger charge is 2.52. The molecule has 0 bridgehead atoms. The number of aromatic nitrogens is 3. The second-order valence-corrected chi connectivity index (χ2v) is 5.61. The molecule has 0 unspecified atom stereocenters. The van der Waals surface area contributed by atoms with Gasteiger partial charge in [0.05, 0.1) is 11.4 Å². The molecule has 3 rings (SSSR count). The summed E-state index contributed by atoms with van der Waals surface area (Å²) in [5.74, 6) is -1.51. The van der Waals surface area contributed by atoms with Crippen LogP contribution < -0.4 is 5.32 Å². The molecule has 0 saturated heterocycles. The fourth-order valence-electron chi connectivity index (χ4n) is 2.26. The maximum Gasteiger partial charge on any atom is 0.329 e.